The summed E-state index contributed by atoms with van der Waals surface area (Å²) in [5.74, 6) is -4.78. The van der Waals surface area contributed by atoms with E-state index in [-0.39, 0.29) is 10.6 Å². The molecule has 1 saturated carbocycles. The molecule has 36 heavy (non-hydrogen) atoms. The maximum Gasteiger partial charge on any atom is 0.342 e. The molecule has 0 aliphatic heterocycles. The van der Waals surface area contributed by atoms with Crippen LogP contribution in [0.25, 0.3) is 16.7 Å². The molecule has 1 fully saturated rings. The fourth-order valence-corrected chi connectivity index (χ4v) is 4.76. The molecule has 0 spiro atoms. The van der Waals surface area contributed by atoms with Gasteiger partial charge in [0.1, 0.15) is 5.56 Å². The number of fused-ring (bicyclic) bond motifs is 1. The lowest BCUT2D eigenvalue weighted by atomic mass is 9.93. The van der Waals surface area contributed by atoms with Crippen molar-refractivity contribution in [2.45, 2.75) is 44.7 Å². The maximum atomic E-state index is 13.9. The molecule has 0 saturated heterocycles. The van der Waals surface area contributed by atoms with Crippen LogP contribution in [0, 0.1) is 0 Å². The van der Waals surface area contributed by atoms with E-state index in [9.17, 15) is 28.3 Å². The summed E-state index contributed by atoms with van der Waals surface area (Å²) in [7, 11) is 0. The SMILES string of the molecule is CC(F)(F)c1cccc(Cn2c(=O)c(C(=O)O)cn(-c3ccc4c(c3)ncn4C3CCC3)c2=O)c1Cl. The number of carboxylic acid groups (broad SMARTS) is 1. The van der Waals surface area contributed by atoms with Gasteiger partial charge in [-0.15, -0.1) is 0 Å². The molecule has 4 aromatic rings. The molecule has 186 valence electrons. The molecular formula is C25H21ClF2N4O4. The molecule has 0 unspecified atom stereocenters. The van der Waals surface area contributed by atoms with Gasteiger partial charge in [0, 0.05) is 24.7 Å². The van der Waals surface area contributed by atoms with Gasteiger partial charge in [-0.05, 0) is 43.0 Å². The third kappa shape index (κ3) is 4.01. The van der Waals surface area contributed by atoms with Gasteiger partial charge in [-0.25, -0.2) is 23.4 Å². The Bertz CT molecular complexity index is 1630. The Morgan fingerprint density at radius 2 is 1.97 bits per heavy atom. The van der Waals surface area contributed by atoms with E-state index >= 15 is 0 Å². The van der Waals surface area contributed by atoms with Gasteiger partial charge in [-0.1, -0.05) is 29.8 Å². The number of hydrogen-bond donors (Lipinski definition) is 1. The molecule has 0 radical (unpaired) electrons. The van der Waals surface area contributed by atoms with Gasteiger partial charge >= 0.3 is 11.7 Å². The first-order valence-corrected chi connectivity index (χ1v) is 11.7. The average molecular weight is 515 g/mol. The van der Waals surface area contributed by atoms with E-state index in [1.165, 1.54) is 12.1 Å². The summed E-state index contributed by atoms with van der Waals surface area (Å²) in [6, 6.07) is 9.34. The number of nitrogens with zero attached hydrogens (tertiary/aromatic N) is 4. The zero-order chi connectivity index (χ0) is 25.8. The first-order valence-electron chi connectivity index (χ1n) is 11.3. The standard InChI is InChI=1S/C25H21ClF2N4O4/c1-25(27,28)18-7-2-4-14(21(18)26)11-31-22(33)17(23(34)35)12-30(24(31)36)16-8-9-20-19(10-16)29-13-32(20)15-5-3-6-15/h2,4,7-10,12-13,15H,3,5-6,11H2,1H3,(H,34,35). The van der Waals surface area contributed by atoms with E-state index in [4.69, 9.17) is 11.6 Å². The molecule has 0 amide bonds. The van der Waals surface area contributed by atoms with Gasteiger partial charge in [0.05, 0.1) is 34.6 Å². The summed E-state index contributed by atoms with van der Waals surface area (Å²) in [6.07, 6.45) is 5.98. The normalized spacial score (nSPS) is 14.2. The lowest BCUT2D eigenvalue weighted by Crippen LogP contribution is -2.42. The number of halogens is 3. The lowest BCUT2D eigenvalue weighted by Gasteiger charge is -2.27. The highest BCUT2D eigenvalue weighted by molar-refractivity contribution is 6.32. The van der Waals surface area contributed by atoms with E-state index in [0.29, 0.717) is 28.7 Å². The van der Waals surface area contributed by atoms with Crippen molar-refractivity contribution in [2.24, 2.45) is 0 Å². The molecule has 0 bridgehead atoms. The molecular weight excluding hydrogens is 494 g/mol. The number of rotatable bonds is 6. The van der Waals surface area contributed by atoms with Gasteiger partial charge in [-0.3, -0.25) is 13.9 Å². The van der Waals surface area contributed by atoms with Crippen LogP contribution < -0.4 is 11.2 Å². The summed E-state index contributed by atoms with van der Waals surface area (Å²) in [5, 5.41) is 9.32. The molecule has 1 N–H and O–H groups in total. The van der Waals surface area contributed by atoms with Crippen LogP contribution >= 0.6 is 11.6 Å². The minimum absolute atomic E-state index is 0.0821. The van der Waals surface area contributed by atoms with Gasteiger partial charge in [0.25, 0.3) is 11.5 Å². The van der Waals surface area contributed by atoms with E-state index < -0.39 is 40.8 Å². The molecule has 11 heteroatoms. The maximum absolute atomic E-state index is 13.9. The summed E-state index contributed by atoms with van der Waals surface area (Å²) in [6.45, 7) is 0.199. The molecule has 2 aromatic carbocycles. The minimum atomic E-state index is -3.25. The monoisotopic (exact) mass is 514 g/mol. The minimum Gasteiger partial charge on any atom is -0.477 e. The Balaban J connectivity index is 1.64. The van der Waals surface area contributed by atoms with Crippen LogP contribution in [0.1, 0.15) is 53.7 Å². The fraction of sp³-hybridized carbons (Fsp3) is 0.280. The number of hydrogen-bond acceptors (Lipinski definition) is 4. The highest BCUT2D eigenvalue weighted by Gasteiger charge is 2.29. The zero-order valence-corrected chi connectivity index (χ0v) is 19.9. The van der Waals surface area contributed by atoms with Crippen LogP contribution in [0.3, 0.4) is 0 Å². The second-order valence-electron chi connectivity index (χ2n) is 8.97. The third-order valence-corrected chi connectivity index (χ3v) is 7.03. The largest absolute Gasteiger partial charge is 0.477 e. The molecule has 8 nitrogen and oxygen atoms in total. The highest BCUT2D eigenvalue weighted by Crippen LogP contribution is 2.35. The van der Waals surface area contributed by atoms with Gasteiger partial charge in [-0.2, -0.15) is 0 Å². The van der Waals surface area contributed by atoms with Gasteiger partial charge in [0.15, 0.2) is 0 Å². The van der Waals surface area contributed by atoms with Crippen molar-refractivity contribution in [3.8, 4) is 5.69 Å². The van der Waals surface area contributed by atoms with Crippen LogP contribution in [0.2, 0.25) is 5.02 Å². The predicted molar refractivity (Wildman–Crippen MR) is 130 cm³/mol. The lowest BCUT2D eigenvalue weighted by molar-refractivity contribution is 0.0175. The van der Waals surface area contributed by atoms with Gasteiger partial charge < -0.3 is 9.67 Å². The van der Waals surface area contributed by atoms with Crippen molar-refractivity contribution >= 4 is 28.6 Å². The molecule has 5 rings (SSSR count). The number of alkyl halides is 2. The first-order chi connectivity index (χ1) is 17.1. The fourth-order valence-electron chi connectivity index (χ4n) is 4.41. The number of aromatic nitrogens is 4. The van der Waals surface area contributed by atoms with E-state index in [1.54, 1.807) is 24.5 Å². The molecule has 0 atom stereocenters. The van der Waals surface area contributed by atoms with Crippen molar-refractivity contribution in [3.05, 3.63) is 91.5 Å². The summed E-state index contributed by atoms with van der Waals surface area (Å²) >= 11 is 6.19. The smallest absolute Gasteiger partial charge is 0.342 e. The Labute approximate surface area is 208 Å². The van der Waals surface area contributed by atoms with Crippen LogP contribution in [0.15, 0.2) is 58.5 Å². The quantitative estimate of drug-likeness (QED) is 0.406. The number of carboxylic acids is 1. The molecule has 1 aliphatic carbocycles. The van der Waals surface area contributed by atoms with Crippen molar-refractivity contribution in [3.63, 3.8) is 0 Å². The van der Waals surface area contributed by atoms with E-state index in [0.717, 1.165) is 41.6 Å². The topological polar surface area (TPSA) is 99.1 Å². The van der Waals surface area contributed by atoms with Crippen LogP contribution in [-0.4, -0.2) is 29.8 Å². The van der Waals surface area contributed by atoms with Gasteiger partial charge in [0.2, 0.25) is 0 Å². The van der Waals surface area contributed by atoms with Crippen molar-refractivity contribution in [2.75, 3.05) is 0 Å². The van der Waals surface area contributed by atoms with Crippen molar-refractivity contribution < 1.29 is 18.7 Å². The Kier molecular flexibility index (Phi) is 5.78. The predicted octanol–water partition coefficient (Wildman–Crippen LogP) is 4.59. The molecule has 1 aliphatic rings. The van der Waals surface area contributed by atoms with Crippen molar-refractivity contribution in [1.82, 2.24) is 18.7 Å². The highest BCUT2D eigenvalue weighted by atomic mass is 35.5. The Morgan fingerprint density at radius 3 is 2.61 bits per heavy atom. The number of benzene rings is 2. The Morgan fingerprint density at radius 1 is 1.22 bits per heavy atom. The molecule has 2 aromatic heterocycles. The second kappa shape index (κ2) is 8.70. The van der Waals surface area contributed by atoms with Crippen LogP contribution in [-0.2, 0) is 12.5 Å². The summed E-state index contributed by atoms with van der Waals surface area (Å²) in [5.41, 5.74) is -1.13. The first kappa shape index (κ1) is 23.9. The average Bonchev–Trinajstić information content (AvgIpc) is 3.18. The van der Waals surface area contributed by atoms with Crippen molar-refractivity contribution in [1.29, 1.82) is 0 Å². The number of aromatic carboxylic acids is 1. The van der Waals surface area contributed by atoms with E-state index in [2.05, 4.69) is 9.55 Å². The third-order valence-electron chi connectivity index (χ3n) is 6.59. The Hall–Kier alpha value is -3.79. The number of imidazole rings is 1. The van der Waals surface area contributed by atoms with E-state index in [1.807, 2.05) is 0 Å². The van der Waals surface area contributed by atoms with Crippen LogP contribution in [0.5, 0.6) is 0 Å². The second-order valence-corrected chi connectivity index (χ2v) is 9.35. The zero-order valence-electron chi connectivity index (χ0n) is 19.1. The van der Waals surface area contributed by atoms with Crippen LogP contribution in [0.4, 0.5) is 8.78 Å². The number of carbonyl (C=O) groups is 1. The molecule has 2 heterocycles. The summed E-state index contributed by atoms with van der Waals surface area (Å²) in [4.78, 5) is 42.5. The summed E-state index contributed by atoms with van der Waals surface area (Å²) < 4.78 is 31.7.